The number of hydrogen-bond acceptors (Lipinski definition) is 2. The Morgan fingerprint density at radius 1 is 1.30 bits per heavy atom. The van der Waals surface area contributed by atoms with Crippen molar-refractivity contribution in [3.63, 3.8) is 0 Å². The Morgan fingerprint density at radius 2 is 2.04 bits per heavy atom. The van der Waals surface area contributed by atoms with Crippen LogP contribution in [0.3, 0.4) is 0 Å². The molecule has 23 heavy (non-hydrogen) atoms. The van der Waals surface area contributed by atoms with Crippen LogP contribution in [0.4, 0.5) is 5.69 Å². The highest BCUT2D eigenvalue weighted by molar-refractivity contribution is 6.13. The molecule has 1 saturated heterocycles. The Bertz CT molecular complexity index is 607. The standard InChI is InChI=1S/C19H26N2O2/c1-3-15-8-4-5-9-16(15)20-17(22)19(10-11-19)18(23)21-12-6-7-14(2)13-21/h4-5,8-9,14H,3,6-7,10-13H2,1-2H3,(H,20,22). The van der Waals surface area contributed by atoms with E-state index in [9.17, 15) is 9.59 Å². The Morgan fingerprint density at radius 3 is 2.70 bits per heavy atom. The second-order valence-corrected chi connectivity index (χ2v) is 7.05. The molecule has 124 valence electrons. The zero-order valence-electron chi connectivity index (χ0n) is 14.1. The van der Waals surface area contributed by atoms with E-state index in [2.05, 4.69) is 19.2 Å². The summed E-state index contributed by atoms with van der Waals surface area (Å²) in [6, 6.07) is 7.83. The van der Waals surface area contributed by atoms with Crippen LogP contribution in [0.5, 0.6) is 0 Å². The van der Waals surface area contributed by atoms with Crippen molar-refractivity contribution in [3.8, 4) is 0 Å². The van der Waals surface area contributed by atoms with E-state index in [1.807, 2.05) is 29.2 Å². The maximum atomic E-state index is 12.9. The molecule has 4 nitrogen and oxygen atoms in total. The Hall–Kier alpha value is -1.84. The molecular weight excluding hydrogens is 288 g/mol. The second-order valence-electron chi connectivity index (χ2n) is 7.05. The summed E-state index contributed by atoms with van der Waals surface area (Å²) < 4.78 is 0. The first-order chi connectivity index (χ1) is 11.1. The monoisotopic (exact) mass is 314 g/mol. The molecule has 1 heterocycles. The average Bonchev–Trinajstić information content (AvgIpc) is 3.36. The first-order valence-electron chi connectivity index (χ1n) is 8.75. The molecule has 0 aromatic heterocycles. The topological polar surface area (TPSA) is 49.4 Å². The molecule has 2 amide bonds. The highest BCUT2D eigenvalue weighted by Gasteiger charge is 2.58. The SMILES string of the molecule is CCc1ccccc1NC(=O)C1(C(=O)N2CCCC(C)C2)CC1. The number of rotatable bonds is 4. The van der Waals surface area contributed by atoms with Crippen LogP contribution in [0, 0.1) is 11.3 Å². The van der Waals surface area contributed by atoms with Gasteiger partial charge in [-0.15, -0.1) is 0 Å². The van der Waals surface area contributed by atoms with Gasteiger partial charge < -0.3 is 10.2 Å². The highest BCUT2D eigenvalue weighted by atomic mass is 16.2. The molecule has 2 aliphatic rings. The van der Waals surface area contributed by atoms with Crippen LogP contribution < -0.4 is 5.32 Å². The fourth-order valence-corrected chi connectivity index (χ4v) is 3.53. The van der Waals surface area contributed by atoms with Gasteiger partial charge in [-0.2, -0.15) is 0 Å². The third-order valence-corrected chi connectivity index (χ3v) is 5.18. The lowest BCUT2D eigenvalue weighted by Crippen LogP contribution is -2.46. The minimum Gasteiger partial charge on any atom is -0.342 e. The molecule has 0 bridgehead atoms. The van der Waals surface area contributed by atoms with Crippen molar-refractivity contribution in [2.75, 3.05) is 18.4 Å². The summed E-state index contributed by atoms with van der Waals surface area (Å²) in [4.78, 5) is 27.6. The van der Waals surface area contributed by atoms with Gasteiger partial charge in [0.05, 0.1) is 0 Å². The maximum absolute atomic E-state index is 12.9. The van der Waals surface area contributed by atoms with Crippen LogP contribution in [-0.4, -0.2) is 29.8 Å². The van der Waals surface area contributed by atoms with Crippen molar-refractivity contribution in [1.82, 2.24) is 4.90 Å². The molecule has 0 radical (unpaired) electrons. The van der Waals surface area contributed by atoms with E-state index >= 15 is 0 Å². The molecular formula is C19H26N2O2. The minimum atomic E-state index is -0.808. The molecule has 3 rings (SSSR count). The quantitative estimate of drug-likeness (QED) is 0.868. The molecule has 1 aromatic carbocycles. The first-order valence-corrected chi connectivity index (χ1v) is 8.75. The number of nitrogens with one attached hydrogen (secondary N) is 1. The van der Waals surface area contributed by atoms with Crippen LogP contribution in [0.1, 0.15) is 45.1 Å². The van der Waals surface area contributed by atoms with Crippen molar-refractivity contribution in [1.29, 1.82) is 0 Å². The van der Waals surface area contributed by atoms with Crippen LogP contribution in [0.15, 0.2) is 24.3 Å². The number of amides is 2. The van der Waals surface area contributed by atoms with E-state index in [-0.39, 0.29) is 11.8 Å². The van der Waals surface area contributed by atoms with Gasteiger partial charge in [-0.05, 0) is 49.7 Å². The third-order valence-electron chi connectivity index (χ3n) is 5.18. The predicted molar refractivity (Wildman–Crippen MR) is 91.1 cm³/mol. The maximum Gasteiger partial charge on any atom is 0.240 e. The zero-order chi connectivity index (χ0) is 16.4. The Balaban J connectivity index is 1.72. The lowest BCUT2D eigenvalue weighted by atomic mass is 9.96. The van der Waals surface area contributed by atoms with E-state index in [0.29, 0.717) is 18.8 Å². The normalized spacial score (nSPS) is 22.5. The van der Waals surface area contributed by atoms with Gasteiger partial charge in [-0.3, -0.25) is 9.59 Å². The molecule has 1 aliphatic heterocycles. The lowest BCUT2D eigenvalue weighted by molar-refractivity contribution is -0.143. The smallest absolute Gasteiger partial charge is 0.240 e. The molecule has 1 atom stereocenters. The minimum absolute atomic E-state index is 0.0375. The van der Waals surface area contributed by atoms with Gasteiger partial charge >= 0.3 is 0 Å². The summed E-state index contributed by atoms with van der Waals surface area (Å²) in [5.41, 5.74) is 1.14. The van der Waals surface area contributed by atoms with Gasteiger partial charge in [0.15, 0.2) is 0 Å². The van der Waals surface area contributed by atoms with Crippen LogP contribution in [-0.2, 0) is 16.0 Å². The number of likely N-dealkylation sites (tertiary alicyclic amines) is 1. The largest absolute Gasteiger partial charge is 0.342 e. The van der Waals surface area contributed by atoms with Gasteiger partial charge in [0, 0.05) is 18.8 Å². The van der Waals surface area contributed by atoms with E-state index in [4.69, 9.17) is 0 Å². The molecule has 1 saturated carbocycles. The fourth-order valence-electron chi connectivity index (χ4n) is 3.53. The number of para-hydroxylation sites is 1. The summed E-state index contributed by atoms with van der Waals surface area (Å²) in [5.74, 6) is 0.449. The molecule has 4 heteroatoms. The molecule has 1 aliphatic carbocycles. The average molecular weight is 314 g/mol. The first kappa shape index (κ1) is 16.0. The van der Waals surface area contributed by atoms with Crippen LogP contribution >= 0.6 is 0 Å². The number of benzene rings is 1. The molecule has 2 fully saturated rings. The summed E-state index contributed by atoms with van der Waals surface area (Å²) >= 11 is 0. The van der Waals surface area contributed by atoms with Crippen molar-refractivity contribution in [2.24, 2.45) is 11.3 Å². The Labute approximate surface area is 138 Å². The molecule has 1 aromatic rings. The summed E-state index contributed by atoms with van der Waals surface area (Å²) in [6.45, 7) is 5.83. The number of nitrogens with zero attached hydrogens (tertiary/aromatic N) is 1. The van der Waals surface area contributed by atoms with E-state index in [1.165, 1.54) is 6.42 Å². The van der Waals surface area contributed by atoms with Crippen molar-refractivity contribution < 1.29 is 9.59 Å². The van der Waals surface area contributed by atoms with Gasteiger partial charge in [0.25, 0.3) is 0 Å². The molecule has 0 spiro atoms. The molecule has 1 N–H and O–H groups in total. The van der Waals surface area contributed by atoms with Crippen molar-refractivity contribution in [2.45, 2.75) is 46.0 Å². The van der Waals surface area contributed by atoms with Crippen molar-refractivity contribution >= 4 is 17.5 Å². The summed E-state index contributed by atoms with van der Waals surface area (Å²) in [7, 11) is 0. The van der Waals surface area contributed by atoms with E-state index in [0.717, 1.165) is 37.2 Å². The number of aryl methyl sites for hydroxylation is 1. The van der Waals surface area contributed by atoms with Crippen molar-refractivity contribution in [3.05, 3.63) is 29.8 Å². The summed E-state index contributed by atoms with van der Waals surface area (Å²) in [6.07, 6.45) is 4.44. The fraction of sp³-hybridized carbons (Fsp3) is 0.579. The summed E-state index contributed by atoms with van der Waals surface area (Å²) in [5, 5.41) is 3.01. The molecule has 1 unspecified atom stereocenters. The zero-order valence-corrected chi connectivity index (χ0v) is 14.1. The number of hydrogen-bond donors (Lipinski definition) is 1. The second kappa shape index (κ2) is 6.34. The van der Waals surface area contributed by atoms with Crippen LogP contribution in [0.2, 0.25) is 0 Å². The van der Waals surface area contributed by atoms with Gasteiger partial charge in [0.2, 0.25) is 11.8 Å². The third kappa shape index (κ3) is 3.12. The van der Waals surface area contributed by atoms with Gasteiger partial charge in [-0.1, -0.05) is 32.0 Å². The Kier molecular flexibility index (Phi) is 4.42. The lowest BCUT2D eigenvalue weighted by Gasteiger charge is -2.33. The number of carbonyl (C=O) groups is 2. The van der Waals surface area contributed by atoms with Gasteiger partial charge in [0.1, 0.15) is 5.41 Å². The van der Waals surface area contributed by atoms with E-state index in [1.54, 1.807) is 0 Å². The number of anilines is 1. The highest BCUT2D eigenvalue weighted by Crippen LogP contribution is 2.48. The van der Waals surface area contributed by atoms with Gasteiger partial charge in [-0.25, -0.2) is 0 Å². The predicted octanol–water partition coefficient (Wildman–Crippen LogP) is 3.23. The van der Waals surface area contributed by atoms with Crippen LogP contribution in [0.25, 0.3) is 0 Å². The number of piperidine rings is 1. The number of carbonyl (C=O) groups excluding carboxylic acids is 2. The van der Waals surface area contributed by atoms with E-state index < -0.39 is 5.41 Å².